The van der Waals surface area contributed by atoms with E-state index in [2.05, 4.69) is 43.5 Å². The van der Waals surface area contributed by atoms with Gasteiger partial charge in [-0.05, 0) is 104 Å². The molecule has 174 valence electrons. The van der Waals surface area contributed by atoms with Crippen LogP contribution in [0.1, 0.15) is 61.8 Å². The second-order valence-electron chi connectivity index (χ2n) is 9.20. The first-order valence-electron chi connectivity index (χ1n) is 11.9. The van der Waals surface area contributed by atoms with Crippen LogP contribution in [0.4, 0.5) is 22.7 Å². The zero-order chi connectivity index (χ0) is 23.4. The van der Waals surface area contributed by atoms with Crippen molar-refractivity contribution in [2.24, 2.45) is 15.9 Å². The average Bonchev–Trinajstić information content (AvgIpc) is 3.42. The van der Waals surface area contributed by atoms with Crippen LogP contribution in [0.3, 0.4) is 0 Å². The zero-order valence-corrected chi connectivity index (χ0v) is 19.6. The summed E-state index contributed by atoms with van der Waals surface area (Å²) >= 11 is 0. The topological polar surface area (TPSA) is 89.2 Å². The first kappa shape index (κ1) is 23.2. The Bertz CT molecular complexity index is 1100. The second-order valence-corrected chi connectivity index (χ2v) is 9.20. The summed E-state index contributed by atoms with van der Waals surface area (Å²) in [6, 6.07) is 8.28. The van der Waals surface area contributed by atoms with Gasteiger partial charge in [0.25, 0.3) is 0 Å². The molecular weight excluding hydrogens is 412 g/mol. The summed E-state index contributed by atoms with van der Waals surface area (Å²) in [5.74, 6) is 0.452. The van der Waals surface area contributed by atoms with Gasteiger partial charge in [-0.25, -0.2) is 0 Å². The number of fused-ring (bicyclic) bond motifs is 2. The average molecular weight is 447 g/mol. The van der Waals surface area contributed by atoms with Gasteiger partial charge in [-0.3, -0.25) is 31.4 Å². The molecule has 4 N–H and O–H groups in total. The lowest BCUT2D eigenvalue weighted by Gasteiger charge is -2.11. The molecule has 2 aliphatic carbocycles. The van der Waals surface area contributed by atoms with Gasteiger partial charge in [0.15, 0.2) is 0 Å². The van der Waals surface area contributed by atoms with Crippen LogP contribution >= 0.6 is 0 Å². The summed E-state index contributed by atoms with van der Waals surface area (Å²) in [6.45, 7) is 7.96. The Morgan fingerprint density at radius 1 is 0.970 bits per heavy atom. The number of nitrogens with one attached hydrogen (secondary N) is 2. The lowest BCUT2D eigenvalue weighted by atomic mass is 9.99. The van der Waals surface area contributed by atoms with Crippen molar-refractivity contribution in [3.05, 3.63) is 59.2 Å². The molecule has 1 atom stereocenters. The van der Waals surface area contributed by atoms with E-state index in [4.69, 9.17) is 9.98 Å². The predicted octanol–water partition coefficient (Wildman–Crippen LogP) is 6.73. The molecule has 33 heavy (non-hydrogen) atoms. The minimum Gasteiger partial charge on any atom is -0.291 e. The first-order valence-corrected chi connectivity index (χ1v) is 11.9. The highest BCUT2D eigenvalue weighted by molar-refractivity contribution is 5.90. The number of anilines is 2. The van der Waals surface area contributed by atoms with Gasteiger partial charge >= 0.3 is 0 Å². The SMILES string of the molecule is C=CCC(CC)=Nc1cc2c(cc1NO)CC(CC(C)=Nc1cc3c(cc1NO)CCC3)C2. The minimum atomic E-state index is 0.452. The van der Waals surface area contributed by atoms with Gasteiger partial charge in [0, 0.05) is 17.8 Å². The van der Waals surface area contributed by atoms with Gasteiger partial charge in [0.1, 0.15) is 0 Å². The van der Waals surface area contributed by atoms with Crippen LogP contribution in [0.15, 0.2) is 46.9 Å². The zero-order valence-electron chi connectivity index (χ0n) is 19.6. The Labute approximate surface area is 196 Å². The summed E-state index contributed by atoms with van der Waals surface area (Å²) in [5, 5.41) is 19.3. The summed E-state index contributed by atoms with van der Waals surface area (Å²) in [4.78, 5) is 9.64. The largest absolute Gasteiger partial charge is 0.291 e. The van der Waals surface area contributed by atoms with Crippen LogP contribution in [-0.2, 0) is 25.7 Å². The Hall–Kier alpha value is -2.96. The van der Waals surface area contributed by atoms with Crippen molar-refractivity contribution in [1.82, 2.24) is 0 Å². The molecule has 0 fully saturated rings. The minimum absolute atomic E-state index is 0.452. The van der Waals surface area contributed by atoms with E-state index in [0.717, 1.165) is 74.2 Å². The molecule has 2 aromatic carbocycles. The van der Waals surface area contributed by atoms with Gasteiger partial charge in [-0.1, -0.05) is 13.0 Å². The molecule has 0 heterocycles. The second kappa shape index (κ2) is 10.3. The van der Waals surface area contributed by atoms with Gasteiger partial charge < -0.3 is 0 Å². The third kappa shape index (κ3) is 5.18. The molecule has 0 aliphatic heterocycles. The normalized spacial score (nSPS) is 17.6. The summed E-state index contributed by atoms with van der Waals surface area (Å²) < 4.78 is 0. The van der Waals surface area contributed by atoms with Crippen molar-refractivity contribution >= 4 is 34.2 Å². The van der Waals surface area contributed by atoms with Crippen molar-refractivity contribution in [2.75, 3.05) is 11.0 Å². The highest BCUT2D eigenvalue weighted by Crippen LogP contribution is 2.38. The van der Waals surface area contributed by atoms with Gasteiger partial charge in [0.05, 0.1) is 22.7 Å². The summed E-state index contributed by atoms with van der Waals surface area (Å²) in [5.41, 5.74) is 14.9. The molecule has 2 aliphatic rings. The van der Waals surface area contributed by atoms with Crippen LogP contribution in [0.25, 0.3) is 0 Å². The highest BCUT2D eigenvalue weighted by Gasteiger charge is 2.24. The van der Waals surface area contributed by atoms with Crippen LogP contribution in [0.5, 0.6) is 0 Å². The van der Waals surface area contributed by atoms with E-state index in [9.17, 15) is 10.4 Å². The van der Waals surface area contributed by atoms with Crippen molar-refractivity contribution in [2.45, 2.75) is 65.2 Å². The van der Waals surface area contributed by atoms with E-state index >= 15 is 0 Å². The third-order valence-electron chi connectivity index (χ3n) is 6.75. The van der Waals surface area contributed by atoms with Crippen molar-refractivity contribution in [3.63, 3.8) is 0 Å². The smallest absolute Gasteiger partial charge is 0.0886 e. The monoisotopic (exact) mass is 446 g/mol. The number of nitrogens with zero attached hydrogens (tertiary/aromatic N) is 2. The Morgan fingerprint density at radius 3 is 2.18 bits per heavy atom. The van der Waals surface area contributed by atoms with Crippen LogP contribution < -0.4 is 11.0 Å². The molecule has 6 nitrogen and oxygen atoms in total. The number of hydrogen-bond acceptors (Lipinski definition) is 6. The molecule has 0 saturated carbocycles. The molecule has 4 rings (SSSR count). The van der Waals surface area contributed by atoms with Crippen molar-refractivity contribution in [1.29, 1.82) is 0 Å². The molecule has 0 amide bonds. The summed E-state index contributed by atoms with van der Waals surface area (Å²) in [7, 11) is 0. The maximum absolute atomic E-state index is 9.67. The Kier molecular flexibility index (Phi) is 7.26. The molecule has 0 radical (unpaired) electrons. The standard InChI is InChI=1S/C27H34N4O2/c1-4-7-23(5-2)29-25-15-21-11-18(12-22(21)16-27(25)31-33)10-17(3)28-24-13-19-8-6-9-20(19)14-26(24)30-32/h4,13-16,18,30-33H,1,5-12H2,2-3H3. The molecule has 1 unspecified atom stereocenters. The molecule has 2 aromatic rings. The first-order chi connectivity index (χ1) is 16.0. The molecule has 0 bridgehead atoms. The molecule has 6 heteroatoms. The van der Waals surface area contributed by atoms with E-state index in [1.54, 1.807) is 0 Å². The number of allylic oxidation sites excluding steroid dienone is 1. The molecular formula is C27H34N4O2. The number of aliphatic imine (C=N–C) groups is 2. The fourth-order valence-electron chi connectivity index (χ4n) is 5.15. The van der Waals surface area contributed by atoms with Gasteiger partial charge in [0.2, 0.25) is 0 Å². The van der Waals surface area contributed by atoms with E-state index in [1.165, 1.54) is 22.3 Å². The third-order valence-corrected chi connectivity index (χ3v) is 6.75. The Balaban J connectivity index is 1.52. The van der Waals surface area contributed by atoms with Crippen LogP contribution in [0.2, 0.25) is 0 Å². The number of benzene rings is 2. The fourth-order valence-corrected chi connectivity index (χ4v) is 5.15. The van der Waals surface area contributed by atoms with E-state index in [-0.39, 0.29) is 0 Å². The summed E-state index contributed by atoms with van der Waals surface area (Å²) in [6.07, 6.45) is 9.56. The molecule has 0 spiro atoms. The van der Waals surface area contributed by atoms with Crippen molar-refractivity contribution < 1.29 is 10.4 Å². The van der Waals surface area contributed by atoms with E-state index in [0.29, 0.717) is 17.3 Å². The highest BCUT2D eigenvalue weighted by atomic mass is 16.5. The molecule has 0 saturated heterocycles. The number of rotatable bonds is 9. The number of aryl methyl sites for hydroxylation is 2. The maximum Gasteiger partial charge on any atom is 0.0886 e. The van der Waals surface area contributed by atoms with E-state index < -0.39 is 0 Å². The quantitative estimate of drug-likeness (QED) is 0.195. The Morgan fingerprint density at radius 2 is 1.55 bits per heavy atom. The maximum atomic E-state index is 9.67. The molecule has 0 aromatic heterocycles. The predicted molar refractivity (Wildman–Crippen MR) is 136 cm³/mol. The van der Waals surface area contributed by atoms with E-state index in [1.807, 2.05) is 18.2 Å². The lowest BCUT2D eigenvalue weighted by Crippen LogP contribution is -2.06. The number of hydrogen-bond donors (Lipinski definition) is 4. The van der Waals surface area contributed by atoms with Gasteiger partial charge in [-0.15, -0.1) is 6.58 Å². The lowest BCUT2D eigenvalue weighted by molar-refractivity contribution is 0.389. The van der Waals surface area contributed by atoms with Gasteiger partial charge in [-0.2, -0.15) is 0 Å². The van der Waals surface area contributed by atoms with Crippen molar-refractivity contribution in [3.8, 4) is 0 Å². The van der Waals surface area contributed by atoms with Crippen LogP contribution in [0, 0.1) is 5.92 Å². The fraction of sp³-hybridized carbons (Fsp3) is 0.407. The van der Waals surface area contributed by atoms with Crippen LogP contribution in [-0.4, -0.2) is 21.8 Å².